The summed E-state index contributed by atoms with van der Waals surface area (Å²) < 4.78 is 20.0. The molecule has 32 heavy (non-hydrogen) atoms. The Hall–Kier alpha value is -1.54. The van der Waals surface area contributed by atoms with Gasteiger partial charge in [-0.15, -0.1) is 0 Å². The second-order valence-electron chi connectivity index (χ2n) is 7.20. The van der Waals surface area contributed by atoms with Gasteiger partial charge in [0, 0.05) is 0 Å². The molecule has 16 nitrogen and oxygen atoms in total. The van der Waals surface area contributed by atoms with Gasteiger partial charge in [0.2, 0.25) is 0 Å². The summed E-state index contributed by atoms with van der Waals surface area (Å²) in [4.78, 5) is 22.3. The predicted molar refractivity (Wildman–Crippen MR) is 92.1 cm³/mol. The van der Waals surface area contributed by atoms with E-state index in [1.54, 1.807) is 0 Å². The minimum Gasteiger partial charge on any atom is -0.479 e. The molecule has 12 atom stereocenters. The molecule has 2 heterocycles. The maximum Gasteiger partial charge on any atom is 0.338 e. The number of ether oxygens (including phenoxy) is 4. The molecule has 0 amide bonds. The zero-order chi connectivity index (χ0) is 24.3. The SMILES string of the molecule is O=C(O)C(O)C(O)C(=O)OC[C@H]1O[C@@H](O[C@H]2[C@H](O)[C@@H](O)[C@@H](O)O[C@@H]2CO)[C@H](O)[C@@H](O)[C@H]1O. The molecule has 0 spiro atoms. The molecule has 0 radical (unpaired) electrons. The van der Waals surface area contributed by atoms with Crippen LogP contribution >= 0.6 is 0 Å². The van der Waals surface area contributed by atoms with Gasteiger partial charge in [0.15, 0.2) is 24.8 Å². The largest absolute Gasteiger partial charge is 0.479 e. The fourth-order valence-corrected chi connectivity index (χ4v) is 3.07. The highest BCUT2D eigenvalue weighted by Gasteiger charge is 2.50. The van der Waals surface area contributed by atoms with Gasteiger partial charge in [-0.2, -0.15) is 0 Å². The Kier molecular flexibility index (Phi) is 9.23. The predicted octanol–water partition coefficient (Wildman–Crippen LogP) is -7.04. The van der Waals surface area contributed by atoms with Gasteiger partial charge in [-0.3, -0.25) is 0 Å². The molecule has 0 aromatic rings. The number of carboxylic acids is 1. The molecule has 0 aromatic heterocycles. The number of hydrogen-bond donors (Lipinski definition) is 10. The van der Waals surface area contributed by atoms with Gasteiger partial charge in [0.25, 0.3) is 0 Å². The quantitative estimate of drug-likeness (QED) is 0.146. The molecule has 10 N–H and O–H groups in total. The van der Waals surface area contributed by atoms with Crippen LogP contribution in [-0.4, -0.2) is 150 Å². The van der Waals surface area contributed by atoms with E-state index in [0.29, 0.717) is 0 Å². The smallest absolute Gasteiger partial charge is 0.338 e. The van der Waals surface area contributed by atoms with Crippen LogP contribution in [0.3, 0.4) is 0 Å². The first-order chi connectivity index (χ1) is 14.9. The molecule has 2 aliphatic rings. The number of aliphatic carboxylic acids is 1. The van der Waals surface area contributed by atoms with Gasteiger partial charge < -0.3 is 70.0 Å². The van der Waals surface area contributed by atoms with Crippen molar-refractivity contribution in [2.24, 2.45) is 0 Å². The van der Waals surface area contributed by atoms with E-state index in [1.165, 1.54) is 0 Å². The Morgan fingerprint density at radius 1 is 0.812 bits per heavy atom. The molecule has 0 saturated carbocycles. The van der Waals surface area contributed by atoms with Crippen molar-refractivity contribution in [3.63, 3.8) is 0 Å². The minimum absolute atomic E-state index is 0.801. The Balaban J connectivity index is 2.06. The highest BCUT2D eigenvalue weighted by molar-refractivity contribution is 5.84. The lowest BCUT2D eigenvalue weighted by atomic mass is 9.97. The molecule has 2 fully saturated rings. The van der Waals surface area contributed by atoms with Crippen LogP contribution < -0.4 is 0 Å². The van der Waals surface area contributed by atoms with Gasteiger partial charge in [-0.1, -0.05) is 0 Å². The number of esters is 1. The normalized spacial score (nSPS) is 42.2. The maximum absolute atomic E-state index is 11.7. The van der Waals surface area contributed by atoms with Crippen molar-refractivity contribution in [2.75, 3.05) is 13.2 Å². The molecule has 2 unspecified atom stereocenters. The zero-order valence-electron chi connectivity index (χ0n) is 16.3. The summed E-state index contributed by atoms with van der Waals surface area (Å²) >= 11 is 0. The van der Waals surface area contributed by atoms with Crippen molar-refractivity contribution in [1.29, 1.82) is 0 Å². The molecule has 0 bridgehead atoms. The van der Waals surface area contributed by atoms with E-state index in [-0.39, 0.29) is 0 Å². The Labute approximate surface area is 179 Å². The van der Waals surface area contributed by atoms with E-state index in [0.717, 1.165) is 0 Å². The summed E-state index contributed by atoms with van der Waals surface area (Å²) in [6.45, 7) is -1.70. The summed E-state index contributed by atoms with van der Waals surface area (Å²) in [6, 6.07) is 0. The van der Waals surface area contributed by atoms with E-state index in [1.807, 2.05) is 0 Å². The van der Waals surface area contributed by atoms with E-state index >= 15 is 0 Å². The zero-order valence-corrected chi connectivity index (χ0v) is 16.3. The molecule has 0 aliphatic carbocycles. The highest BCUT2D eigenvalue weighted by atomic mass is 16.7. The number of carboxylic acid groups (broad SMARTS) is 1. The van der Waals surface area contributed by atoms with Crippen LogP contribution in [0.25, 0.3) is 0 Å². The number of hydrogen-bond acceptors (Lipinski definition) is 15. The minimum atomic E-state index is -2.49. The number of carbonyl (C=O) groups excluding carboxylic acids is 1. The van der Waals surface area contributed by atoms with Crippen molar-refractivity contribution < 1.29 is 79.6 Å². The standard InChI is InChI=1S/C16H26O16/c17-1-3-12(7(20)9(22)15(28)30-3)32-16-11(24)6(19)5(18)4(31-16)2-29-14(27)10(23)8(21)13(25)26/h3-12,15-24,28H,1-2H2,(H,25,26)/t3-,4-,5+,6+,7-,8?,9-,10?,11-,12-,15+,16+/m1/s1. The monoisotopic (exact) mass is 474 g/mol. The van der Waals surface area contributed by atoms with Crippen molar-refractivity contribution in [1.82, 2.24) is 0 Å². The molecule has 186 valence electrons. The molecule has 2 aliphatic heterocycles. The van der Waals surface area contributed by atoms with E-state index in [4.69, 9.17) is 24.4 Å². The lowest BCUT2D eigenvalue weighted by Gasteiger charge is -2.45. The van der Waals surface area contributed by atoms with Crippen molar-refractivity contribution in [2.45, 2.75) is 73.6 Å². The van der Waals surface area contributed by atoms with Crippen LogP contribution in [0.1, 0.15) is 0 Å². The van der Waals surface area contributed by atoms with Crippen LogP contribution in [0.5, 0.6) is 0 Å². The summed E-state index contributed by atoms with van der Waals surface area (Å²) in [5.41, 5.74) is 0. The first-order valence-electron chi connectivity index (χ1n) is 9.31. The Morgan fingerprint density at radius 2 is 1.44 bits per heavy atom. The van der Waals surface area contributed by atoms with Crippen LogP contribution in [0.2, 0.25) is 0 Å². The summed E-state index contributed by atoms with van der Waals surface area (Å²) in [6.07, 6.45) is -22.7. The maximum atomic E-state index is 11.7. The van der Waals surface area contributed by atoms with Gasteiger partial charge >= 0.3 is 11.9 Å². The molecule has 2 saturated heterocycles. The molecular weight excluding hydrogens is 448 g/mol. The number of rotatable bonds is 8. The molecule has 2 rings (SSSR count). The van der Waals surface area contributed by atoms with E-state index < -0.39 is 98.8 Å². The molecular formula is C16H26O16. The third-order valence-corrected chi connectivity index (χ3v) is 4.98. The van der Waals surface area contributed by atoms with Gasteiger partial charge in [-0.25, -0.2) is 9.59 Å². The number of carbonyl (C=O) groups is 2. The van der Waals surface area contributed by atoms with Crippen LogP contribution in [0, 0.1) is 0 Å². The fraction of sp³-hybridized carbons (Fsp3) is 0.875. The summed E-state index contributed by atoms with van der Waals surface area (Å²) in [5, 5.41) is 96.0. The number of aliphatic hydroxyl groups excluding tert-OH is 9. The Bertz CT molecular complexity index is 644. The Morgan fingerprint density at radius 3 is 2.00 bits per heavy atom. The first kappa shape index (κ1) is 26.7. The fourth-order valence-electron chi connectivity index (χ4n) is 3.07. The first-order valence-corrected chi connectivity index (χ1v) is 9.31. The lowest BCUT2D eigenvalue weighted by molar-refractivity contribution is -0.355. The lowest BCUT2D eigenvalue weighted by Crippen LogP contribution is -2.64. The second-order valence-corrected chi connectivity index (χ2v) is 7.20. The average Bonchev–Trinajstić information content (AvgIpc) is 2.76. The highest BCUT2D eigenvalue weighted by Crippen LogP contribution is 2.28. The second kappa shape index (κ2) is 11.1. The summed E-state index contributed by atoms with van der Waals surface area (Å²) in [7, 11) is 0. The topological polar surface area (TPSA) is 273 Å². The number of aliphatic hydroxyl groups is 9. The molecule has 16 heteroatoms. The van der Waals surface area contributed by atoms with Crippen molar-refractivity contribution in [3.8, 4) is 0 Å². The van der Waals surface area contributed by atoms with Crippen LogP contribution in [-0.2, 0) is 28.5 Å². The third-order valence-electron chi connectivity index (χ3n) is 4.98. The van der Waals surface area contributed by atoms with Gasteiger partial charge in [0.05, 0.1) is 6.61 Å². The van der Waals surface area contributed by atoms with Crippen molar-refractivity contribution >= 4 is 11.9 Å². The van der Waals surface area contributed by atoms with E-state index in [9.17, 15) is 50.4 Å². The van der Waals surface area contributed by atoms with Gasteiger partial charge in [-0.05, 0) is 0 Å². The van der Waals surface area contributed by atoms with Crippen LogP contribution in [0.4, 0.5) is 0 Å². The molecule has 0 aromatic carbocycles. The average molecular weight is 474 g/mol. The third kappa shape index (κ3) is 5.68. The summed E-state index contributed by atoms with van der Waals surface area (Å²) in [5.74, 6) is -3.50. The van der Waals surface area contributed by atoms with Crippen molar-refractivity contribution in [3.05, 3.63) is 0 Å². The van der Waals surface area contributed by atoms with E-state index in [2.05, 4.69) is 4.74 Å². The van der Waals surface area contributed by atoms with Crippen LogP contribution in [0.15, 0.2) is 0 Å². The van der Waals surface area contributed by atoms with Gasteiger partial charge in [0.1, 0.15) is 55.4 Å².